The third-order valence-electron chi connectivity index (χ3n) is 5.87. The number of unbranched alkanes of at least 4 members (excludes halogenated alkanes) is 1. The van der Waals surface area contributed by atoms with E-state index in [2.05, 4.69) is 12.2 Å². The average Bonchev–Trinajstić information content (AvgIpc) is 2.87. The number of halogens is 1. The number of rotatable bonds is 12. The largest absolute Gasteiger partial charge is 0.354 e. The Labute approximate surface area is 201 Å². The van der Waals surface area contributed by atoms with Crippen molar-refractivity contribution in [3.05, 3.63) is 107 Å². The van der Waals surface area contributed by atoms with E-state index < -0.39 is 6.04 Å². The van der Waals surface area contributed by atoms with Crippen LogP contribution in [0.25, 0.3) is 0 Å². The van der Waals surface area contributed by atoms with Crippen molar-refractivity contribution in [1.82, 2.24) is 10.2 Å². The van der Waals surface area contributed by atoms with Crippen LogP contribution in [0.2, 0.25) is 0 Å². The highest BCUT2D eigenvalue weighted by atomic mass is 19.1. The number of nitrogens with one attached hydrogen (secondary N) is 1. The Morgan fingerprint density at radius 3 is 2.15 bits per heavy atom. The number of carbonyl (C=O) groups is 2. The van der Waals surface area contributed by atoms with E-state index in [-0.39, 0.29) is 30.6 Å². The van der Waals surface area contributed by atoms with E-state index in [1.807, 2.05) is 60.7 Å². The summed E-state index contributed by atoms with van der Waals surface area (Å²) in [5.74, 6) is -0.756. The molecule has 0 saturated carbocycles. The predicted molar refractivity (Wildman–Crippen MR) is 134 cm³/mol. The van der Waals surface area contributed by atoms with Gasteiger partial charge in [-0.1, -0.05) is 92.2 Å². The van der Waals surface area contributed by atoms with Crippen molar-refractivity contribution in [3.8, 4) is 0 Å². The van der Waals surface area contributed by atoms with Gasteiger partial charge in [0.25, 0.3) is 0 Å². The molecule has 0 aliphatic rings. The van der Waals surface area contributed by atoms with Crippen LogP contribution in [-0.2, 0) is 29.0 Å². The highest BCUT2D eigenvalue weighted by Crippen LogP contribution is 2.18. The highest BCUT2D eigenvalue weighted by molar-refractivity contribution is 5.88. The van der Waals surface area contributed by atoms with Crippen LogP contribution < -0.4 is 5.32 Å². The number of hydrogen-bond acceptors (Lipinski definition) is 2. The average molecular weight is 461 g/mol. The molecule has 4 nitrogen and oxygen atoms in total. The number of carbonyl (C=O) groups excluding carboxylic acids is 2. The zero-order valence-electron chi connectivity index (χ0n) is 19.8. The zero-order valence-corrected chi connectivity index (χ0v) is 19.8. The Morgan fingerprint density at radius 2 is 1.50 bits per heavy atom. The van der Waals surface area contributed by atoms with Crippen molar-refractivity contribution in [3.63, 3.8) is 0 Å². The quantitative estimate of drug-likeness (QED) is 0.372. The second-order valence-electron chi connectivity index (χ2n) is 8.45. The number of amides is 2. The first-order valence-electron chi connectivity index (χ1n) is 12.0. The molecular weight excluding hydrogens is 427 g/mol. The summed E-state index contributed by atoms with van der Waals surface area (Å²) < 4.78 is 14.6. The lowest BCUT2D eigenvalue weighted by molar-refractivity contribution is -0.141. The first-order chi connectivity index (χ1) is 16.6. The Hall–Kier alpha value is -3.47. The molecule has 0 saturated heterocycles. The van der Waals surface area contributed by atoms with E-state index >= 15 is 0 Å². The van der Waals surface area contributed by atoms with Crippen LogP contribution in [-0.4, -0.2) is 29.3 Å². The van der Waals surface area contributed by atoms with E-state index in [4.69, 9.17) is 0 Å². The minimum absolute atomic E-state index is 0.0407. The van der Waals surface area contributed by atoms with Crippen LogP contribution >= 0.6 is 0 Å². The summed E-state index contributed by atoms with van der Waals surface area (Å²) in [6.07, 6.45) is 2.98. The summed E-state index contributed by atoms with van der Waals surface area (Å²) in [6, 6.07) is 25.1. The van der Waals surface area contributed by atoms with Crippen LogP contribution in [0.5, 0.6) is 0 Å². The third kappa shape index (κ3) is 7.55. The second-order valence-corrected chi connectivity index (χ2v) is 8.45. The Morgan fingerprint density at radius 1 is 0.882 bits per heavy atom. The van der Waals surface area contributed by atoms with Gasteiger partial charge in [-0.2, -0.15) is 0 Å². The van der Waals surface area contributed by atoms with Gasteiger partial charge in [-0.05, 0) is 30.0 Å². The summed E-state index contributed by atoms with van der Waals surface area (Å²) in [6.45, 7) is 2.65. The molecule has 3 aromatic carbocycles. The normalized spacial score (nSPS) is 11.6. The molecule has 34 heavy (non-hydrogen) atoms. The van der Waals surface area contributed by atoms with Gasteiger partial charge in [-0.25, -0.2) is 4.39 Å². The molecule has 0 unspecified atom stereocenters. The molecule has 3 aromatic rings. The van der Waals surface area contributed by atoms with Crippen LogP contribution in [0.15, 0.2) is 84.9 Å². The highest BCUT2D eigenvalue weighted by Gasteiger charge is 2.30. The molecule has 5 heteroatoms. The van der Waals surface area contributed by atoms with Gasteiger partial charge < -0.3 is 10.2 Å². The number of aryl methyl sites for hydroxylation is 1. The van der Waals surface area contributed by atoms with Gasteiger partial charge >= 0.3 is 0 Å². The molecule has 0 radical (unpaired) electrons. The summed E-state index contributed by atoms with van der Waals surface area (Å²) in [4.78, 5) is 28.4. The number of benzene rings is 3. The first kappa shape index (κ1) is 25.2. The van der Waals surface area contributed by atoms with Crippen LogP contribution in [0.1, 0.15) is 42.9 Å². The minimum Gasteiger partial charge on any atom is -0.354 e. The third-order valence-corrected chi connectivity index (χ3v) is 5.87. The minimum atomic E-state index is -0.734. The van der Waals surface area contributed by atoms with Crippen LogP contribution in [0, 0.1) is 5.82 Å². The summed E-state index contributed by atoms with van der Waals surface area (Å²) in [5, 5.41) is 2.99. The molecule has 0 bridgehead atoms. The zero-order chi connectivity index (χ0) is 24.2. The van der Waals surface area contributed by atoms with Crippen molar-refractivity contribution >= 4 is 11.8 Å². The van der Waals surface area contributed by atoms with Crippen molar-refractivity contribution in [2.45, 2.75) is 51.6 Å². The molecule has 2 amide bonds. The summed E-state index contributed by atoms with van der Waals surface area (Å²) in [5.41, 5.74) is 2.40. The fourth-order valence-corrected chi connectivity index (χ4v) is 3.91. The lowest BCUT2D eigenvalue weighted by atomic mass is 10.0. The SMILES string of the molecule is CCCCNC(=O)[C@@H](Cc1ccccc1)N(Cc1ccccc1F)C(=O)CCc1ccccc1. The van der Waals surface area contributed by atoms with Gasteiger partial charge in [0, 0.05) is 31.5 Å². The molecule has 0 aliphatic heterocycles. The molecule has 1 N–H and O–H groups in total. The summed E-state index contributed by atoms with van der Waals surface area (Å²) in [7, 11) is 0. The Kier molecular flexibility index (Phi) is 9.83. The lowest BCUT2D eigenvalue weighted by Crippen LogP contribution is -2.50. The fraction of sp³-hybridized carbons (Fsp3) is 0.310. The fourth-order valence-electron chi connectivity index (χ4n) is 3.91. The van der Waals surface area contributed by atoms with Crippen molar-refractivity contribution in [2.75, 3.05) is 6.54 Å². The van der Waals surface area contributed by atoms with E-state index in [9.17, 15) is 14.0 Å². The van der Waals surface area contributed by atoms with E-state index in [1.165, 1.54) is 6.07 Å². The van der Waals surface area contributed by atoms with Gasteiger partial charge in [0.1, 0.15) is 11.9 Å². The van der Waals surface area contributed by atoms with E-state index in [1.54, 1.807) is 23.1 Å². The molecule has 3 rings (SSSR count). The van der Waals surface area contributed by atoms with Gasteiger partial charge in [0.15, 0.2) is 0 Å². The van der Waals surface area contributed by atoms with Crippen LogP contribution in [0.4, 0.5) is 4.39 Å². The molecule has 0 fully saturated rings. The standard InChI is InChI=1S/C29H33FN2O2/c1-2-3-20-31-29(34)27(21-24-14-8-5-9-15-24)32(22-25-16-10-11-17-26(25)30)28(33)19-18-23-12-6-4-7-13-23/h4-17,27H,2-3,18-22H2,1H3,(H,31,34)/t27-/m1/s1. The molecule has 0 spiro atoms. The monoisotopic (exact) mass is 460 g/mol. The van der Waals surface area contributed by atoms with Gasteiger partial charge in [0.2, 0.25) is 11.8 Å². The van der Waals surface area contributed by atoms with Gasteiger partial charge in [-0.15, -0.1) is 0 Å². The van der Waals surface area contributed by atoms with Crippen molar-refractivity contribution in [2.24, 2.45) is 0 Å². The lowest BCUT2D eigenvalue weighted by Gasteiger charge is -2.32. The maximum absolute atomic E-state index is 14.6. The molecule has 1 atom stereocenters. The molecule has 0 aliphatic carbocycles. The Balaban J connectivity index is 1.89. The molecular formula is C29H33FN2O2. The van der Waals surface area contributed by atoms with Crippen molar-refractivity contribution < 1.29 is 14.0 Å². The van der Waals surface area contributed by atoms with Gasteiger partial charge in [0.05, 0.1) is 0 Å². The molecule has 0 aromatic heterocycles. The number of hydrogen-bond donors (Lipinski definition) is 1. The topological polar surface area (TPSA) is 49.4 Å². The Bertz CT molecular complexity index is 1040. The molecule has 178 valence electrons. The predicted octanol–water partition coefficient (Wildman–Crippen LogP) is 5.31. The van der Waals surface area contributed by atoms with Gasteiger partial charge in [-0.3, -0.25) is 9.59 Å². The first-order valence-corrected chi connectivity index (χ1v) is 12.0. The maximum Gasteiger partial charge on any atom is 0.243 e. The van der Waals surface area contributed by atoms with Crippen molar-refractivity contribution in [1.29, 1.82) is 0 Å². The van der Waals surface area contributed by atoms with E-state index in [0.717, 1.165) is 24.0 Å². The maximum atomic E-state index is 14.6. The van der Waals surface area contributed by atoms with E-state index in [0.29, 0.717) is 24.9 Å². The molecule has 0 heterocycles. The summed E-state index contributed by atoms with van der Waals surface area (Å²) >= 11 is 0. The smallest absolute Gasteiger partial charge is 0.243 e. The second kappa shape index (κ2) is 13.3. The van der Waals surface area contributed by atoms with Crippen LogP contribution in [0.3, 0.4) is 0 Å². The number of nitrogens with zero attached hydrogens (tertiary/aromatic N) is 1.